The molecule has 0 saturated carbocycles. The van der Waals surface area contributed by atoms with Crippen LogP contribution < -0.4 is 0 Å². The first-order valence-corrected chi connectivity index (χ1v) is 5.09. The summed E-state index contributed by atoms with van der Waals surface area (Å²) in [6.07, 6.45) is 0. The standard InChI is InChI=1S/2Al.O4Si3/c;;1-7(2,3-5)4-6/q2*+1;-2. The summed E-state index contributed by atoms with van der Waals surface area (Å²) >= 11 is 3.94. The number of hydrogen-bond acceptors (Lipinski definition) is 4. The van der Waals surface area contributed by atoms with Crippen LogP contribution in [-0.4, -0.2) is 63.3 Å². The Hall–Kier alpha value is 1.56. The van der Waals surface area contributed by atoms with Gasteiger partial charge in [-0.3, -0.25) is 0 Å². The summed E-state index contributed by atoms with van der Waals surface area (Å²) in [6.45, 7) is 0. The lowest BCUT2D eigenvalue weighted by Gasteiger charge is -2.25. The molecule has 0 aliphatic carbocycles. The van der Waals surface area contributed by atoms with E-state index in [0.717, 1.165) is 0 Å². The highest BCUT2D eigenvalue weighted by Gasteiger charge is 2.34. The average molecular weight is 202 g/mol. The van der Waals surface area contributed by atoms with Crippen molar-refractivity contribution >= 4 is 63.3 Å². The van der Waals surface area contributed by atoms with Gasteiger partial charge in [-0.25, -0.2) is 0 Å². The van der Waals surface area contributed by atoms with Crippen LogP contribution in [0.5, 0.6) is 0 Å². The van der Waals surface area contributed by atoms with Gasteiger partial charge in [0.25, 0.3) is 0 Å². The normalized spacial score (nSPS) is 11.8. The molecular formula is Al2O4Si3. The second-order valence-corrected chi connectivity index (χ2v) is 5.46. The maximum atomic E-state index is 4.66. The third kappa shape index (κ3) is 2.97. The number of hydrogen-bond donors (Lipinski definition) is 0. The lowest BCUT2D eigenvalue weighted by atomic mass is 15.6. The van der Waals surface area contributed by atoms with Crippen LogP contribution in [-0.2, 0) is 15.2 Å². The van der Waals surface area contributed by atoms with E-state index < -0.39 is 9.05 Å². The van der Waals surface area contributed by atoms with Crippen molar-refractivity contribution in [2.75, 3.05) is 0 Å². The van der Waals surface area contributed by atoms with Crippen LogP contribution in [0.4, 0.5) is 0 Å². The molecule has 0 aliphatic rings. The third-order valence-corrected chi connectivity index (χ3v) is 4.85. The molecular weight excluding hydrogens is 202 g/mol. The summed E-state index contributed by atoms with van der Waals surface area (Å²) in [7, 11) is 2.52. The molecule has 0 saturated heterocycles. The van der Waals surface area contributed by atoms with Crippen LogP contribution in [0.3, 0.4) is 0 Å². The summed E-state index contributed by atoms with van der Waals surface area (Å²) in [5.41, 5.74) is 0. The quantitative estimate of drug-likeness (QED) is 0.486. The fourth-order valence-electron chi connectivity index (χ4n) is 0.145. The van der Waals surface area contributed by atoms with E-state index in [1.54, 1.807) is 0 Å². The second-order valence-electron chi connectivity index (χ2n) is 0.940. The summed E-state index contributed by atoms with van der Waals surface area (Å²) in [6, 6.07) is 0. The predicted molar refractivity (Wildman–Crippen MR) is 33.1 cm³/mol. The molecule has 42 valence electrons. The Bertz CT molecular complexity index is 56.7. The Kier molecular flexibility index (Phi) is 6.14. The monoisotopic (exact) mass is 202 g/mol. The maximum Gasteiger partial charge on any atom is 0.596 e. The van der Waals surface area contributed by atoms with E-state index in [2.05, 4.69) is 36.2 Å². The molecule has 0 atom stereocenters. The molecule has 0 N–H and O–H groups in total. The highest BCUT2D eigenvalue weighted by atomic mass is 28.5. The lowest BCUT2D eigenvalue weighted by Crippen LogP contribution is -2.46. The van der Waals surface area contributed by atoms with E-state index >= 15 is 0 Å². The minimum atomic E-state index is -2.94. The Morgan fingerprint density at radius 1 is 1.00 bits per heavy atom. The predicted octanol–water partition coefficient (Wildman–Crippen LogP) is -2.18. The van der Waals surface area contributed by atoms with Gasteiger partial charge in [0.1, 0.15) is 0 Å². The van der Waals surface area contributed by atoms with E-state index in [9.17, 15) is 0 Å². The van der Waals surface area contributed by atoms with Gasteiger partial charge in [-0.15, -0.1) is 0 Å². The molecule has 0 rings (SSSR count). The molecule has 0 aromatic heterocycles. The third-order valence-electron chi connectivity index (χ3n) is 0.539. The van der Waals surface area contributed by atoms with Crippen LogP contribution in [0, 0.1) is 0 Å². The molecule has 4 nitrogen and oxygen atoms in total. The Labute approximate surface area is 78.3 Å². The first kappa shape index (κ1) is 10.6. The molecule has 0 spiro atoms. The van der Waals surface area contributed by atoms with E-state index in [0.29, 0.717) is 0 Å². The largest absolute Gasteiger partial charge is 0.596 e. The van der Waals surface area contributed by atoms with Gasteiger partial charge >= 0.3 is 42.3 Å². The minimum Gasteiger partial charge on any atom is -0.498 e. The SMILES string of the molecule is [Al][O][Si]([O][Al])(O[Si])O[Si]. The first-order valence-electron chi connectivity index (χ1n) is 1.70. The van der Waals surface area contributed by atoms with E-state index in [-0.39, 0.29) is 0 Å². The van der Waals surface area contributed by atoms with E-state index in [4.69, 9.17) is 0 Å². The van der Waals surface area contributed by atoms with Crippen molar-refractivity contribution < 1.29 is 15.2 Å². The van der Waals surface area contributed by atoms with Gasteiger partial charge in [0.05, 0.1) is 0 Å². The highest BCUT2D eigenvalue weighted by molar-refractivity contribution is 6.66. The second kappa shape index (κ2) is 5.24. The minimum absolute atomic E-state index is 1.97. The van der Waals surface area contributed by atoms with E-state index in [1.165, 1.54) is 0 Å². The highest BCUT2D eigenvalue weighted by Crippen LogP contribution is 2.02. The van der Waals surface area contributed by atoms with Crippen LogP contribution in [0.15, 0.2) is 0 Å². The topological polar surface area (TPSA) is 36.9 Å². The zero-order chi connectivity index (χ0) is 7.33. The molecule has 9 heteroatoms. The molecule has 10 radical (unpaired) electrons. The zero-order valence-electron chi connectivity index (χ0n) is 4.29. The van der Waals surface area contributed by atoms with Crippen molar-refractivity contribution in [1.29, 1.82) is 0 Å². The van der Waals surface area contributed by atoms with Crippen molar-refractivity contribution in [3.8, 4) is 0 Å². The molecule has 0 fully saturated rings. The first-order chi connectivity index (χ1) is 4.24. The zero-order valence-corrected chi connectivity index (χ0v) is 9.60. The Morgan fingerprint density at radius 3 is 1.33 bits per heavy atom. The van der Waals surface area contributed by atoms with Crippen molar-refractivity contribution in [1.82, 2.24) is 0 Å². The fraction of sp³-hybridized carbons (Fsp3) is 0. The molecule has 0 aliphatic heterocycles. The smallest absolute Gasteiger partial charge is 0.498 e. The molecule has 0 bridgehead atoms. The summed E-state index contributed by atoms with van der Waals surface area (Å²) < 4.78 is 18.5. The van der Waals surface area contributed by atoms with Gasteiger partial charge in [-0.2, -0.15) is 0 Å². The van der Waals surface area contributed by atoms with Gasteiger partial charge in [-0.1, -0.05) is 0 Å². The maximum absolute atomic E-state index is 4.66. The van der Waals surface area contributed by atoms with Gasteiger partial charge < -0.3 is 15.2 Å². The summed E-state index contributed by atoms with van der Waals surface area (Å²) in [5.74, 6) is 0. The Balaban J connectivity index is 3.82. The van der Waals surface area contributed by atoms with Crippen molar-refractivity contribution in [3.05, 3.63) is 0 Å². The van der Waals surface area contributed by atoms with Crippen LogP contribution in [0.1, 0.15) is 0 Å². The number of rotatable bonds is 4. The fourth-order valence-corrected chi connectivity index (χ4v) is 3.91. The summed E-state index contributed by atoms with van der Waals surface area (Å²) in [5, 5.41) is 0. The molecule has 0 aromatic rings. The summed E-state index contributed by atoms with van der Waals surface area (Å²) in [4.78, 5) is 0. The van der Waals surface area contributed by atoms with Crippen LogP contribution in [0.2, 0.25) is 0 Å². The van der Waals surface area contributed by atoms with Gasteiger partial charge in [0.15, 0.2) is 0 Å². The molecule has 0 amide bonds. The molecule has 9 heavy (non-hydrogen) atoms. The van der Waals surface area contributed by atoms with Gasteiger partial charge in [0, 0.05) is 0 Å². The average Bonchev–Trinajstić information content (AvgIpc) is 1.95. The van der Waals surface area contributed by atoms with Crippen LogP contribution in [0.25, 0.3) is 0 Å². The molecule has 0 heterocycles. The van der Waals surface area contributed by atoms with Crippen molar-refractivity contribution in [3.63, 3.8) is 0 Å². The van der Waals surface area contributed by atoms with E-state index in [1.807, 2.05) is 33.2 Å². The lowest BCUT2D eigenvalue weighted by molar-refractivity contribution is 0.189. The van der Waals surface area contributed by atoms with Crippen molar-refractivity contribution in [2.24, 2.45) is 0 Å². The van der Waals surface area contributed by atoms with Gasteiger partial charge in [0.2, 0.25) is 21.0 Å². The Morgan fingerprint density at radius 2 is 1.33 bits per heavy atom. The van der Waals surface area contributed by atoms with Crippen LogP contribution >= 0.6 is 0 Å². The van der Waals surface area contributed by atoms with Crippen molar-refractivity contribution in [2.45, 2.75) is 0 Å². The van der Waals surface area contributed by atoms with Gasteiger partial charge in [-0.05, 0) is 0 Å². The molecule has 0 unspecified atom stereocenters. The molecule has 0 aromatic carbocycles.